The molecule has 2 heterocycles. The maximum absolute atomic E-state index is 5.84. The topological polar surface area (TPSA) is 24.5 Å². The number of hydrogen-bond acceptors (Lipinski definition) is 3. The average molecular weight is 288 g/mol. The molecular weight excluding hydrogens is 260 g/mol. The van der Waals surface area contributed by atoms with E-state index in [-0.39, 0.29) is 0 Å². The van der Waals surface area contributed by atoms with Crippen molar-refractivity contribution in [3.63, 3.8) is 0 Å². The van der Waals surface area contributed by atoms with E-state index in [9.17, 15) is 0 Å². The van der Waals surface area contributed by atoms with Gasteiger partial charge in [-0.1, -0.05) is 25.1 Å². The number of hydrogen-bond donors (Lipinski definition) is 1. The molecule has 3 heteroatoms. The minimum Gasteiger partial charge on any atom is -0.493 e. The number of rotatable bonds is 5. The van der Waals surface area contributed by atoms with Gasteiger partial charge in [0, 0.05) is 24.6 Å². The van der Waals surface area contributed by atoms with E-state index in [1.54, 1.807) is 0 Å². The first-order valence-electron chi connectivity index (χ1n) is 8.55. The van der Waals surface area contributed by atoms with Crippen molar-refractivity contribution in [3.8, 4) is 5.75 Å². The van der Waals surface area contributed by atoms with Crippen LogP contribution in [0.1, 0.15) is 44.2 Å². The molecule has 3 rings (SSSR count). The zero-order valence-corrected chi connectivity index (χ0v) is 13.2. The second kappa shape index (κ2) is 7.28. The number of nitrogens with zero attached hydrogens (tertiary/aromatic N) is 1. The maximum Gasteiger partial charge on any atom is 0.124 e. The van der Waals surface area contributed by atoms with Gasteiger partial charge >= 0.3 is 0 Å². The summed E-state index contributed by atoms with van der Waals surface area (Å²) in [6, 6.07) is 9.15. The number of fused-ring (bicyclic) bond motifs is 1. The Labute approximate surface area is 128 Å². The van der Waals surface area contributed by atoms with Crippen LogP contribution in [0.2, 0.25) is 0 Å². The van der Waals surface area contributed by atoms with Gasteiger partial charge < -0.3 is 10.1 Å². The van der Waals surface area contributed by atoms with Crippen molar-refractivity contribution in [1.29, 1.82) is 0 Å². The van der Waals surface area contributed by atoms with Crippen LogP contribution in [-0.4, -0.2) is 37.7 Å². The summed E-state index contributed by atoms with van der Waals surface area (Å²) >= 11 is 0. The molecule has 21 heavy (non-hydrogen) atoms. The van der Waals surface area contributed by atoms with E-state index in [1.165, 1.54) is 51.0 Å². The predicted octanol–water partition coefficient (Wildman–Crippen LogP) is 3.22. The fourth-order valence-corrected chi connectivity index (χ4v) is 3.76. The van der Waals surface area contributed by atoms with E-state index in [1.807, 2.05) is 0 Å². The number of para-hydroxylation sites is 1. The molecule has 0 amide bonds. The lowest BCUT2D eigenvalue weighted by Crippen LogP contribution is -2.39. The molecule has 0 radical (unpaired) electrons. The third-order valence-corrected chi connectivity index (χ3v) is 4.83. The third-order valence-electron chi connectivity index (χ3n) is 4.83. The number of benzene rings is 1. The molecule has 0 aliphatic carbocycles. The molecule has 1 atom stereocenters. The van der Waals surface area contributed by atoms with Crippen LogP contribution >= 0.6 is 0 Å². The molecule has 0 spiro atoms. The Morgan fingerprint density at radius 1 is 1.19 bits per heavy atom. The first-order valence-corrected chi connectivity index (χ1v) is 8.55. The van der Waals surface area contributed by atoms with Crippen LogP contribution in [0.5, 0.6) is 5.75 Å². The third kappa shape index (κ3) is 3.58. The standard InChI is InChI=1S/C18H28N2O/c1-2-12-20(14-15-7-10-19-11-8-15)17-9-13-21-18-6-4-3-5-16(17)18/h3-6,15,17,19H,2,7-14H2,1H3. The average Bonchev–Trinajstić information content (AvgIpc) is 2.55. The van der Waals surface area contributed by atoms with E-state index in [0.29, 0.717) is 6.04 Å². The predicted molar refractivity (Wildman–Crippen MR) is 86.8 cm³/mol. The van der Waals surface area contributed by atoms with Crippen LogP contribution < -0.4 is 10.1 Å². The van der Waals surface area contributed by atoms with Gasteiger partial charge in [-0.05, 0) is 50.9 Å². The number of ether oxygens (including phenoxy) is 1. The second-order valence-electron chi connectivity index (χ2n) is 6.38. The molecular formula is C18H28N2O. The summed E-state index contributed by atoms with van der Waals surface area (Å²) in [5.41, 5.74) is 1.39. The largest absolute Gasteiger partial charge is 0.493 e. The van der Waals surface area contributed by atoms with E-state index < -0.39 is 0 Å². The van der Waals surface area contributed by atoms with Crippen LogP contribution in [0.15, 0.2) is 24.3 Å². The molecule has 1 aromatic carbocycles. The van der Waals surface area contributed by atoms with Gasteiger partial charge in [0.25, 0.3) is 0 Å². The lowest BCUT2D eigenvalue weighted by Gasteiger charge is -2.38. The normalized spacial score (nSPS) is 22.9. The quantitative estimate of drug-likeness (QED) is 0.900. The van der Waals surface area contributed by atoms with Crippen molar-refractivity contribution in [3.05, 3.63) is 29.8 Å². The first kappa shape index (κ1) is 14.9. The highest BCUT2D eigenvalue weighted by Gasteiger charge is 2.28. The van der Waals surface area contributed by atoms with E-state index in [0.717, 1.165) is 24.7 Å². The highest BCUT2D eigenvalue weighted by Crippen LogP contribution is 2.36. The van der Waals surface area contributed by atoms with Gasteiger partial charge in [-0.25, -0.2) is 0 Å². The fourth-order valence-electron chi connectivity index (χ4n) is 3.76. The van der Waals surface area contributed by atoms with Crippen LogP contribution in [0.3, 0.4) is 0 Å². The Kier molecular flexibility index (Phi) is 5.15. The Bertz CT molecular complexity index is 443. The summed E-state index contributed by atoms with van der Waals surface area (Å²) in [5, 5.41) is 3.48. The van der Waals surface area contributed by atoms with Crippen molar-refractivity contribution in [2.75, 3.05) is 32.8 Å². The van der Waals surface area contributed by atoms with Gasteiger partial charge in [0.2, 0.25) is 0 Å². The summed E-state index contributed by atoms with van der Waals surface area (Å²) < 4.78 is 5.84. The summed E-state index contributed by atoms with van der Waals surface area (Å²) in [4.78, 5) is 2.72. The van der Waals surface area contributed by atoms with Gasteiger partial charge in [-0.2, -0.15) is 0 Å². The molecule has 2 aliphatic heterocycles. The fraction of sp³-hybridized carbons (Fsp3) is 0.667. The number of nitrogens with one attached hydrogen (secondary N) is 1. The summed E-state index contributed by atoms with van der Waals surface area (Å²) in [6.45, 7) is 7.97. The molecule has 1 aromatic rings. The van der Waals surface area contributed by atoms with Crippen LogP contribution in [0.25, 0.3) is 0 Å². The van der Waals surface area contributed by atoms with Crippen molar-refractivity contribution in [2.24, 2.45) is 5.92 Å². The highest BCUT2D eigenvalue weighted by atomic mass is 16.5. The highest BCUT2D eigenvalue weighted by molar-refractivity contribution is 5.37. The molecule has 1 fully saturated rings. The van der Waals surface area contributed by atoms with Crippen molar-refractivity contribution >= 4 is 0 Å². The number of piperidine rings is 1. The first-order chi connectivity index (χ1) is 10.4. The Morgan fingerprint density at radius 3 is 2.81 bits per heavy atom. The molecule has 116 valence electrons. The van der Waals surface area contributed by atoms with Crippen molar-refractivity contribution < 1.29 is 4.74 Å². The minimum absolute atomic E-state index is 0.546. The van der Waals surface area contributed by atoms with E-state index >= 15 is 0 Å². The van der Waals surface area contributed by atoms with Crippen molar-refractivity contribution in [2.45, 2.75) is 38.6 Å². The molecule has 1 saturated heterocycles. The molecule has 1 N–H and O–H groups in total. The van der Waals surface area contributed by atoms with Gasteiger partial charge in [-0.15, -0.1) is 0 Å². The Morgan fingerprint density at radius 2 is 2.00 bits per heavy atom. The maximum atomic E-state index is 5.84. The van der Waals surface area contributed by atoms with Crippen LogP contribution in [0, 0.1) is 5.92 Å². The molecule has 0 saturated carbocycles. The van der Waals surface area contributed by atoms with Gasteiger partial charge in [0.15, 0.2) is 0 Å². The van der Waals surface area contributed by atoms with Gasteiger partial charge in [0.1, 0.15) is 5.75 Å². The molecule has 1 unspecified atom stereocenters. The summed E-state index contributed by atoms with van der Waals surface area (Å²) in [6.07, 6.45) is 5.00. The summed E-state index contributed by atoms with van der Waals surface area (Å²) in [7, 11) is 0. The zero-order valence-electron chi connectivity index (χ0n) is 13.2. The Hall–Kier alpha value is -1.06. The molecule has 0 bridgehead atoms. The smallest absolute Gasteiger partial charge is 0.124 e. The van der Waals surface area contributed by atoms with Gasteiger partial charge in [-0.3, -0.25) is 4.90 Å². The van der Waals surface area contributed by atoms with Crippen molar-refractivity contribution in [1.82, 2.24) is 10.2 Å². The second-order valence-corrected chi connectivity index (χ2v) is 6.38. The van der Waals surface area contributed by atoms with Crippen LogP contribution in [-0.2, 0) is 0 Å². The van der Waals surface area contributed by atoms with Crippen LogP contribution in [0.4, 0.5) is 0 Å². The SMILES string of the molecule is CCCN(CC1CCNCC1)C1CCOc2ccccc21. The molecule has 3 nitrogen and oxygen atoms in total. The van der Waals surface area contributed by atoms with E-state index in [2.05, 4.69) is 41.4 Å². The summed E-state index contributed by atoms with van der Waals surface area (Å²) in [5.74, 6) is 1.95. The van der Waals surface area contributed by atoms with E-state index in [4.69, 9.17) is 4.74 Å². The minimum atomic E-state index is 0.546. The van der Waals surface area contributed by atoms with Gasteiger partial charge in [0.05, 0.1) is 6.61 Å². The lowest BCUT2D eigenvalue weighted by molar-refractivity contribution is 0.113. The molecule has 0 aromatic heterocycles. The Balaban J connectivity index is 1.74. The lowest BCUT2D eigenvalue weighted by atomic mass is 9.93. The zero-order chi connectivity index (χ0) is 14.5. The monoisotopic (exact) mass is 288 g/mol. The molecule has 2 aliphatic rings.